The van der Waals surface area contributed by atoms with E-state index in [1.807, 2.05) is 19.1 Å². The van der Waals surface area contributed by atoms with Gasteiger partial charge in [0.15, 0.2) is 5.82 Å². The first-order valence-electron chi connectivity index (χ1n) is 7.97. The Kier molecular flexibility index (Phi) is 4.82. The quantitative estimate of drug-likeness (QED) is 0.856. The van der Waals surface area contributed by atoms with E-state index in [2.05, 4.69) is 20.8 Å². The van der Waals surface area contributed by atoms with Gasteiger partial charge in [0.2, 0.25) is 5.91 Å². The van der Waals surface area contributed by atoms with Crippen LogP contribution in [0.25, 0.3) is 0 Å². The number of benzene rings is 1. The fourth-order valence-corrected chi connectivity index (χ4v) is 2.53. The Morgan fingerprint density at radius 2 is 2.24 bits per heavy atom. The molecule has 2 N–H and O–H groups in total. The number of rotatable bonds is 5. The van der Waals surface area contributed by atoms with Crippen LogP contribution in [0.4, 0.5) is 16.3 Å². The maximum absolute atomic E-state index is 12.1. The number of ether oxygens (including phenoxy) is 2. The predicted molar refractivity (Wildman–Crippen MR) is 89.5 cm³/mol. The monoisotopic (exact) mass is 345 g/mol. The van der Waals surface area contributed by atoms with Crippen LogP contribution in [0.3, 0.4) is 0 Å². The van der Waals surface area contributed by atoms with Crippen molar-refractivity contribution in [1.82, 2.24) is 15.0 Å². The number of aromatic nitrogens is 3. The highest BCUT2D eigenvalue weighted by molar-refractivity contribution is 5.90. The van der Waals surface area contributed by atoms with Crippen LogP contribution in [0, 0.1) is 0 Å². The molecule has 2 heterocycles. The summed E-state index contributed by atoms with van der Waals surface area (Å²) in [5.41, 5.74) is 1.77. The first kappa shape index (κ1) is 16.7. The van der Waals surface area contributed by atoms with Crippen LogP contribution < -0.4 is 15.4 Å². The molecule has 0 aliphatic carbocycles. The van der Waals surface area contributed by atoms with Crippen molar-refractivity contribution < 1.29 is 19.1 Å². The molecule has 2 amide bonds. The molecule has 1 unspecified atom stereocenters. The Morgan fingerprint density at radius 3 is 3.04 bits per heavy atom. The topological polar surface area (TPSA) is 107 Å². The molecule has 9 heteroatoms. The molecule has 0 saturated heterocycles. The molecule has 0 bridgehead atoms. The number of amides is 2. The summed E-state index contributed by atoms with van der Waals surface area (Å²) < 4.78 is 10.4. The Labute approximate surface area is 144 Å². The van der Waals surface area contributed by atoms with Gasteiger partial charge in [-0.3, -0.25) is 10.1 Å². The minimum Gasteiger partial charge on any atom is -0.490 e. The number of nitrogens with zero attached hydrogens (tertiary/aromatic N) is 3. The van der Waals surface area contributed by atoms with Gasteiger partial charge in [-0.1, -0.05) is 0 Å². The van der Waals surface area contributed by atoms with Crippen LogP contribution in [-0.4, -0.2) is 39.7 Å². The summed E-state index contributed by atoms with van der Waals surface area (Å²) in [5.74, 6) is 0.800. The Balaban J connectivity index is 1.55. The van der Waals surface area contributed by atoms with Crippen molar-refractivity contribution in [2.45, 2.75) is 32.9 Å². The predicted octanol–water partition coefficient (Wildman–Crippen LogP) is 1.81. The van der Waals surface area contributed by atoms with Crippen LogP contribution >= 0.6 is 0 Å². The molecule has 1 aromatic carbocycles. The summed E-state index contributed by atoms with van der Waals surface area (Å²) in [6.07, 6.45) is 1.70. The van der Waals surface area contributed by atoms with Crippen molar-refractivity contribution >= 4 is 23.5 Å². The molecule has 1 atom stereocenters. The van der Waals surface area contributed by atoms with Crippen molar-refractivity contribution in [3.8, 4) is 5.75 Å². The summed E-state index contributed by atoms with van der Waals surface area (Å²) in [6.45, 7) is 3.89. The number of anilines is 2. The normalized spacial score (nSPS) is 15.2. The summed E-state index contributed by atoms with van der Waals surface area (Å²) in [7, 11) is 0. The van der Waals surface area contributed by atoms with Crippen LogP contribution in [-0.2, 0) is 22.5 Å². The summed E-state index contributed by atoms with van der Waals surface area (Å²) in [6, 6.07) is 5.54. The van der Waals surface area contributed by atoms with E-state index in [4.69, 9.17) is 9.47 Å². The smallest absolute Gasteiger partial charge is 0.412 e. The van der Waals surface area contributed by atoms with Gasteiger partial charge in [-0.05, 0) is 37.6 Å². The Hall–Kier alpha value is -3.10. The van der Waals surface area contributed by atoms with Crippen molar-refractivity contribution in [2.24, 2.45) is 0 Å². The van der Waals surface area contributed by atoms with E-state index < -0.39 is 6.09 Å². The number of carbonyl (C=O) groups excluding carboxylic acids is 2. The molecule has 9 nitrogen and oxygen atoms in total. The number of hydrogen-bond acceptors (Lipinski definition) is 6. The molecule has 1 aliphatic heterocycles. The highest BCUT2D eigenvalue weighted by atomic mass is 16.5. The molecular formula is C16H19N5O4. The first-order valence-corrected chi connectivity index (χ1v) is 7.97. The largest absolute Gasteiger partial charge is 0.490 e. The van der Waals surface area contributed by atoms with Crippen molar-refractivity contribution in [3.63, 3.8) is 0 Å². The summed E-state index contributed by atoms with van der Waals surface area (Å²) in [5, 5.41) is 13.1. The van der Waals surface area contributed by atoms with E-state index >= 15 is 0 Å². The summed E-state index contributed by atoms with van der Waals surface area (Å²) >= 11 is 0. The van der Waals surface area contributed by atoms with Gasteiger partial charge in [-0.15, -0.1) is 5.10 Å². The number of nitrogens with one attached hydrogen (secondary N) is 2. The second-order valence-electron chi connectivity index (χ2n) is 5.61. The molecule has 3 rings (SSSR count). The van der Waals surface area contributed by atoms with E-state index in [1.54, 1.807) is 13.0 Å². The molecule has 0 spiro atoms. The third kappa shape index (κ3) is 4.25. The third-order valence-corrected chi connectivity index (χ3v) is 3.51. The lowest BCUT2D eigenvalue weighted by molar-refractivity contribution is -0.117. The number of fused-ring (bicyclic) bond motifs is 1. The minimum absolute atomic E-state index is 0.0749. The zero-order chi connectivity index (χ0) is 17.8. The van der Waals surface area contributed by atoms with Gasteiger partial charge in [0.1, 0.15) is 18.4 Å². The highest BCUT2D eigenvalue weighted by Crippen LogP contribution is 2.30. The first-order chi connectivity index (χ1) is 12.0. The van der Waals surface area contributed by atoms with E-state index in [9.17, 15) is 9.59 Å². The van der Waals surface area contributed by atoms with E-state index in [0.717, 1.165) is 17.7 Å². The van der Waals surface area contributed by atoms with Gasteiger partial charge in [0.25, 0.3) is 0 Å². The van der Waals surface area contributed by atoms with E-state index in [-0.39, 0.29) is 31.0 Å². The molecule has 1 aromatic heterocycles. The lowest BCUT2D eigenvalue weighted by Gasteiger charge is -2.06. The lowest BCUT2D eigenvalue weighted by atomic mass is 10.1. The van der Waals surface area contributed by atoms with Gasteiger partial charge in [0.05, 0.1) is 12.8 Å². The van der Waals surface area contributed by atoms with E-state index in [1.165, 1.54) is 11.0 Å². The highest BCUT2D eigenvalue weighted by Gasteiger charge is 2.19. The van der Waals surface area contributed by atoms with Crippen molar-refractivity contribution in [3.05, 3.63) is 30.0 Å². The fraction of sp³-hybridized carbons (Fsp3) is 0.375. The van der Waals surface area contributed by atoms with Gasteiger partial charge in [-0.25, -0.2) is 4.79 Å². The second kappa shape index (κ2) is 7.20. The molecule has 132 valence electrons. The van der Waals surface area contributed by atoms with Crippen molar-refractivity contribution in [1.29, 1.82) is 0 Å². The molecular weight excluding hydrogens is 326 g/mol. The lowest BCUT2D eigenvalue weighted by Crippen LogP contribution is -2.20. The van der Waals surface area contributed by atoms with Crippen LogP contribution in [0.2, 0.25) is 0 Å². The SMILES string of the molecule is CCOC(=O)Nc1cnn(CC(=O)Nc2ccc3c(c2)CC(C)O3)n1. The molecule has 2 aromatic rings. The number of carbonyl (C=O) groups is 2. The average molecular weight is 345 g/mol. The van der Waals surface area contributed by atoms with Gasteiger partial charge in [-0.2, -0.15) is 9.90 Å². The van der Waals surface area contributed by atoms with Crippen LogP contribution in [0.5, 0.6) is 5.75 Å². The van der Waals surface area contributed by atoms with Crippen LogP contribution in [0.15, 0.2) is 24.4 Å². The second-order valence-corrected chi connectivity index (χ2v) is 5.61. The maximum atomic E-state index is 12.1. The minimum atomic E-state index is -0.617. The van der Waals surface area contributed by atoms with E-state index in [0.29, 0.717) is 5.69 Å². The maximum Gasteiger partial charge on any atom is 0.412 e. The Morgan fingerprint density at radius 1 is 1.40 bits per heavy atom. The van der Waals surface area contributed by atoms with Crippen LogP contribution in [0.1, 0.15) is 19.4 Å². The zero-order valence-electron chi connectivity index (χ0n) is 14.0. The van der Waals surface area contributed by atoms with Crippen molar-refractivity contribution in [2.75, 3.05) is 17.2 Å². The molecule has 0 saturated carbocycles. The third-order valence-electron chi connectivity index (χ3n) is 3.51. The zero-order valence-corrected chi connectivity index (χ0v) is 14.0. The summed E-state index contributed by atoms with van der Waals surface area (Å²) in [4.78, 5) is 24.6. The fourth-order valence-electron chi connectivity index (χ4n) is 2.53. The van der Waals surface area contributed by atoms with Gasteiger partial charge >= 0.3 is 6.09 Å². The van der Waals surface area contributed by atoms with Gasteiger partial charge in [0, 0.05) is 12.1 Å². The standard InChI is InChI=1S/C16H19N5O4/c1-3-24-16(23)19-14-8-17-21(20-14)9-15(22)18-12-4-5-13-11(7-12)6-10(2)25-13/h4-5,7-8,10H,3,6,9H2,1-2H3,(H,18,22)(H,19,20,23). The molecule has 1 aliphatic rings. The number of hydrogen-bond donors (Lipinski definition) is 2. The molecule has 0 radical (unpaired) electrons. The Bertz CT molecular complexity index is 789. The van der Waals surface area contributed by atoms with Gasteiger partial charge < -0.3 is 14.8 Å². The molecule has 0 fully saturated rings. The average Bonchev–Trinajstić information content (AvgIpc) is 3.12. The molecule has 25 heavy (non-hydrogen) atoms.